The molecule has 2 saturated heterocycles. The van der Waals surface area contributed by atoms with E-state index in [1.165, 1.54) is 32.5 Å². The van der Waals surface area contributed by atoms with Gasteiger partial charge >= 0.3 is 0 Å². The first-order valence-corrected chi connectivity index (χ1v) is 6.84. The fraction of sp³-hybridized carbons (Fsp3) is 1.00. The van der Waals surface area contributed by atoms with E-state index in [0.717, 1.165) is 32.1 Å². The number of piperidine rings is 1. The number of likely N-dealkylation sites (tertiary alicyclic amines) is 1. The Morgan fingerprint density at radius 2 is 2.12 bits per heavy atom. The van der Waals surface area contributed by atoms with E-state index in [2.05, 4.69) is 23.9 Å². The minimum absolute atomic E-state index is 0.114. The second-order valence-corrected chi connectivity index (χ2v) is 5.86. The summed E-state index contributed by atoms with van der Waals surface area (Å²) >= 11 is 0. The third-order valence-corrected chi connectivity index (χ3v) is 4.64. The van der Waals surface area contributed by atoms with Crippen LogP contribution in [0.1, 0.15) is 19.3 Å². The molecular weight excluding hydrogens is 214 g/mol. The van der Waals surface area contributed by atoms with Crippen molar-refractivity contribution >= 4 is 0 Å². The molecule has 0 bridgehead atoms. The van der Waals surface area contributed by atoms with Crippen LogP contribution in [0.15, 0.2) is 0 Å². The minimum atomic E-state index is 0.114. The Balaban J connectivity index is 1.85. The highest BCUT2D eigenvalue weighted by atomic mass is 16.5. The summed E-state index contributed by atoms with van der Waals surface area (Å²) in [5.41, 5.74) is 6.08. The fourth-order valence-corrected chi connectivity index (χ4v) is 3.04. The average Bonchev–Trinajstić information content (AvgIpc) is 2.82. The molecule has 2 aliphatic rings. The summed E-state index contributed by atoms with van der Waals surface area (Å²) in [4.78, 5) is 4.89. The Bertz CT molecular complexity index is 233. The van der Waals surface area contributed by atoms with Crippen molar-refractivity contribution in [1.82, 2.24) is 9.80 Å². The maximum atomic E-state index is 5.97. The summed E-state index contributed by atoms with van der Waals surface area (Å²) in [6.07, 6.45) is 3.73. The molecule has 0 saturated carbocycles. The zero-order valence-electron chi connectivity index (χ0n) is 11.3. The zero-order valence-corrected chi connectivity index (χ0v) is 11.3. The van der Waals surface area contributed by atoms with Crippen molar-refractivity contribution in [2.45, 2.75) is 24.8 Å². The smallest absolute Gasteiger partial charge is 0.0663 e. The Kier molecular flexibility index (Phi) is 4.42. The van der Waals surface area contributed by atoms with E-state index in [1.807, 2.05) is 0 Å². The topological polar surface area (TPSA) is 41.7 Å². The van der Waals surface area contributed by atoms with Gasteiger partial charge in [0.25, 0.3) is 0 Å². The largest absolute Gasteiger partial charge is 0.379 e. The van der Waals surface area contributed by atoms with Crippen LogP contribution in [-0.2, 0) is 4.74 Å². The van der Waals surface area contributed by atoms with Gasteiger partial charge in [0.15, 0.2) is 0 Å². The average molecular weight is 241 g/mol. The van der Waals surface area contributed by atoms with Crippen LogP contribution in [-0.4, -0.2) is 68.8 Å². The van der Waals surface area contributed by atoms with Crippen LogP contribution >= 0.6 is 0 Å². The van der Waals surface area contributed by atoms with Crippen LogP contribution < -0.4 is 5.73 Å². The zero-order chi connectivity index (χ0) is 12.3. The van der Waals surface area contributed by atoms with Crippen LogP contribution in [0, 0.1) is 5.92 Å². The van der Waals surface area contributed by atoms with Gasteiger partial charge in [-0.2, -0.15) is 0 Å². The highest BCUT2D eigenvalue weighted by molar-refractivity contribution is 4.94. The molecule has 0 spiro atoms. The van der Waals surface area contributed by atoms with Gasteiger partial charge in [-0.05, 0) is 52.4 Å². The molecule has 2 N–H and O–H groups in total. The number of nitrogens with zero attached hydrogens (tertiary/aromatic N) is 2. The molecule has 2 heterocycles. The highest BCUT2D eigenvalue weighted by Crippen LogP contribution is 2.27. The standard InChI is InChI=1S/C13H27N3O/c1-15-6-3-12(4-7-15)9-16(2)13(10-14)5-8-17-11-13/h12H,3-11,14H2,1-2H3. The monoisotopic (exact) mass is 241 g/mol. The molecule has 2 rings (SSSR count). The van der Waals surface area contributed by atoms with E-state index in [4.69, 9.17) is 10.5 Å². The first-order valence-electron chi connectivity index (χ1n) is 6.84. The molecule has 0 aromatic heterocycles. The second-order valence-electron chi connectivity index (χ2n) is 5.86. The van der Waals surface area contributed by atoms with Gasteiger partial charge < -0.3 is 15.4 Å². The first kappa shape index (κ1) is 13.3. The molecule has 0 aromatic rings. The van der Waals surface area contributed by atoms with Gasteiger partial charge in [-0.25, -0.2) is 0 Å². The molecule has 4 heteroatoms. The number of nitrogens with two attached hydrogens (primary N) is 1. The summed E-state index contributed by atoms with van der Waals surface area (Å²) in [7, 11) is 4.44. The van der Waals surface area contributed by atoms with Crippen molar-refractivity contribution in [3.05, 3.63) is 0 Å². The normalized spacial score (nSPS) is 32.5. The molecule has 100 valence electrons. The van der Waals surface area contributed by atoms with E-state index < -0.39 is 0 Å². The number of hydrogen-bond donors (Lipinski definition) is 1. The van der Waals surface area contributed by atoms with E-state index in [0.29, 0.717) is 0 Å². The van der Waals surface area contributed by atoms with E-state index in [1.54, 1.807) is 0 Å². The Morgan fingerprint density at radius 3 is 2.65 bits per heavy atom. The molecular formula is C13H27N3O. The molecule has 0 radical (unpaired) electrons. The number of rotatable bonds is 4. The quantitative estimate of drug-likeness (QED) is 0.772. The Morgan fingerprint density at radius 1 is 1.41 bits per heavy atom. The van der Waals surface area contributed by atoms with Crippen molar-refractivity contribution in [3.8, 4) is 0 Å². The van der Waals surface area contributed by atoms with Gasteiger partial charge in [-0.3, -0.25) is 4.90 Å². The summed E-state index contributed by atoms with van der Waals surface area (Å²) < 4.78 is 5.55. The van der Waals surface area contributed by atoms with Gasteiger partial charge in [0, 0.05) is 19.7 Å². The molecule has 0 aromatic carbocycles. The minimum Gasteiger partial charge on any atom is -0.379 e. The predicted octanol–water partition coefficient (Wildman–Crippen LogP) is 0.378. The molecule has 17 heavy (non-hydrogen) atoms. The predicted molar refractivity (Wildman–Crippen MR) is 70.1 cm³/mol. The summed E-state index contributed by atoms with van der Waals surface area (Å²) in [6, 6.07) is 0. The summed E-state index contributed by atoms with van der Waals surface area (Å²) in [5, 5.41) is 0. The summed E-state index contributed by atoms with van der Waals surface area (Å²) in [6.45, 7) is 6.06. The van der Waals surface area contributed by atoms with Crippen molar-refractivity contribution in [2.24, 2.45) is 11.7 Å². The van der Waals surface area contributed by atoms with Crippen LogP contribution in [0.2, 0.25) is 0 Å². The van der Waals surface area contributed by atoms with Gasteiger partial charge in [0.1, 0.15) is 0 Å². The van der Waals surface area contributed by atoms with Gasteiger partial charge in [0.05, 0.1) is 12.1 Å². The number of likely N-dealkylation sites (N-methyl/N-ethyl adjacent to an activating group) is 1. The van der Waals surface area contributed by atoms with Gasteiger partial charge in [-0.1, -0.05) is 0 Å². The lowest BCUT2D eigenvalue weighted by molar-refractivity contribution is 0.0684. The summed E-state index contributed by atoms with van der Waals surface area (Å²) in [5.74, 6) is 0.834. The molecule has 1 atom stereocenters. The SMILES string of the molecule is CN1CCC(CN(C)C2(CN)CCOC2)CC1. The maximum Gasteiger partial charge on any atom is 0.0663 e. The van der Waals surface area contributed by atoms with E-state index in [-0.39, 0.29) is 5.54 Å². The van der Waals surface area contributed by atoms with Crippen molar-refractivity contribution in [1.29, 1.82) is 0 Å². The van der Waals surface area contributed by atoms with Crippen molar-refractivity contribution in [2.75, 3.05) is 53.5 Å². The molecule has 2 aliphatic heterocycles. The lowest BCUT2D eigenvalue weighted by Gasteiger charge is -2.40. The third kappa shape index (κ3) is 2.99. The highest BCUT2D eigenvalue weighted by Gasteiger charge is 2.38. The van der Waals surface area contributed by atoms with Crippen LogP contribution in [0.5, 0.6) is 0 Å². The van der Waals surface area contributed by atoms with Crippen LogP contribution in [0.4, 0.5) is 0 Å². The Hall–Kier alpha value is -0.160. The van der Waals surface area contributed by atoms with Gasteiger partial charge in [-0.15, -0.1) is 0 Å². The molecule has 1 unspecified atom stereocenters. The van der Waals surface area contributed by atoms with Gasteiger partial charge in [0.2, 0.25) is 0 Å². The number of ether oxygens (including phenoxy) is 1. The first-order chi connectivity index (χ1) is 8.16. The second kappa shape index (κ2) is 5.65. The van der Waals surface area contributed by atoms with E-state index in [9.17, 15) is 0 Å². The van der Waals surface area contributed by atoms with Crippen LogP contribution in [0.3, 0.4) is 0 Å². The third-order valence-electron chi connectivity index (χ3n) is 4.64. The lowest BCUT2D eigenvalue weighted by Crippen LogP contribution is -2.54. The van der Waals surface area contributed by atoms with E-state index >= 15 is 0 Å². The molecule has 0 amide bonds. The number of hydrogen-bond acceptors (Lipinski definition) is 4. The molecule has 2 fully saturated rings. The fourth-order valence-electron chi connectivity index (χ4n) is 3.04. The van der Waals surface area contributed by atoms with Crippen molar-refractivity contribution < 1.29 is 4.74 Å². The molecule has 4 nitrogen and oxygen atoms in total. The Labute approximate surface area is 105 Å². The lowest BCUT2D eigenvalue weighted by atomic mass is 9.92. The van der Waals surface area contributed by atoms with Crippen LogP contribution in [0.25, 0.3) is 0 Å². The van der Waals surface area contributed by atoms with Crippen molar-refractivity contribution in [3.63, 3.8) is 0 Å². The molecule has 0 aliphatic carbocycles. The maximum absolute atomic E-state index is 5.97.